The number of aliphatic hydroxyl groups is 1. The normalized spacial score (nSPS) is 39.9. The molecule has 2 aliphatic rings. The van der Waals surface area contributed by atoms with Gasteiger partial charge in [0, 0.05) is 24.7 Å². The van der Waals surface area contributed by atoms with E-state index in [2.05, 4.69) is 19.2 Å². The molecule has 19 heavy (non-hydrogen) atoms. The fraction of sp³-hybridized carbons (Fsp3) is 1.00. The van der Waals surface area contributed by atoms with Crippen molar-refractivity contribution in [2.24, 2.45) is 23.5 Å². The summed E-state index contributed by atoms with van der Waals surface area (Å²) in [6.07, 6.45) is 8.78. The monoisotopic (exact) mass is 268 g/mol. The van der Waals surface area contributed by atoms with Gasteiger partial charge in [0.15, 0.2) is 0 Å². The molecule has 0 aromatic heterocycles. The molecule has 2 saturated carbocycles. The molecule has 2 fully saturated rings. The number of nitrogens with two attached hydrogens (primary N) is 1. The van der Waals surface area contributed by atoms with E-state index in [-0.39, 0.29) is 5.54 Å². The molecule has 0 bridgehead atoms. The van der Waals surface area contributed by atoms with Crippen molar-refractivity contribution >= 4 is 0 Å². The molecule has 0 aliphatic heterocycles. The van der Waals surface area contributed by atoms with Crippen LogP contribution in [0.25, 0.3) is 0 Å². The van der Waals surface area contributed by atoms with Crippen LogP contribution in [-0.4, -0.2) is 29.8 Å². The number of nitrogens with one attached hydrogen (secondary N) is 1. The van der Waals surface area contributed by atoms with Crippen LogP contribution in [0.5, 0.6) is 0 Å². The molecule has 4 atom stereocenters. The molecule has 0 aromatic carbocycles. The van der Waals surface area contributed by atoms with Crippen LogP contribution in [0.2, 0.25) is 0 Å². The van der Waals surface area contributed by atoms with Crippen molar-refractivity contribution in [2.45, 2.75) is 70.4 Å². The van der Waals surface area contributed by atoms with E-state index >= 15 is 0 Å². The first-order valence-electron chi connectivity index (χ1n) is 8.21. The van der Waals surface area contributed by atoms with E-state index in [4.69, 9.17) is 5.73 Å². The zero-order chi connectivity index (χ0) is 13.9. The molecule has 0 heterocycles. The summed E-state index contributed by atoms with van der Waals surface area (Å²) in [6, 6.07) is 0.480. The van der Waals surface area contributed by atoms with E-state index in [1.54, 1.807) is 0 Å². The van der Waals surface area contributed by atoms with Crippen LogP contribution in [0.4, 0.5) is 0 Å². The average Bonchev–Trinajstić information content (AvgIpc) is 2.86. The van der Waals surface area contributed by atoms with Crippen molar-refractivity contribution in [3.8, 4) is 0 Å². The summed E-state index contributed by atoms with van der Waals surface area (Å²) in [5, 5.41) is 13.5. The predicted octanol–water partition coefficient (Wildman–Crippen LogP) is 2.28. The molecular weight excluding hydrogens is 236 g/mol. The van der Waals surface area contributed by atoms with E-state index in [1.807, 2.05) is 0 Å². The first-order valence-corrected chi connectivity index (χ1v) is 8.21. The topological polar surface area (TPSA) is 58.3 Å². The number of rotatable bonds is 5. The van der Waals surface area contributed by atoms with Gasteiger partial charge in [-0.25, -0.2) is 0 Å². The molecule has 0 radical (unpaired) electrons. The van der Waals surface area contributed by atoms with Crippen molar-refractivity contribution < 1.29 is 5.11 Å². The van der Waals surface area contributed by atoms with E-state index in [9.17, 15) is 5.11 Å². The Hall–Kier alpha value is -0.120. The molecule has 0 aromatic rings. The van der Waals surface area contributed by atoms with Crippen LogP contribution in [-0.2, 0) is 0 Å². The molecule has 3 nitrogen and oxygen atoms in total. The molecule has 4 unspecified atom stereocenters. The zero-order valence-electron chi connectivity index (χ0n) is 12.7. The average molecular weight is 268 g/mol. The van der Waals surface area contributed by atoms with Crippen molar-refractivity contribution in [1.29, 1.82) is 0 Å². The number of hydrogen-bond donors (Lipinski definition) is 3. The van der Waals surface area contributed by atoms with Gasteiger partial charge < -0.3 is 16.2 Å². The fourth-order valence-corrected chi connectivity index (χ4v) is 4.54. The van der Waals surface area contributed by atoms with Crippen LogP contribution >= 0.6 is 0 Å². The Kier molecular flexibility index (Phi) is 5.27. The molecule has 4 N–H and O–H groups in total. The van der Waals surface area contributed by atoms with E-state index in [0.29, 0.717) is 30.4 Å². The lowest BCUT2D eigenvalue weighted by Gasteiger charge is -2.48. The Balaban J connectivity index is 2.11. The first kappa shape index (κ1) is 15.3. The quantitative estimate of drug-likeness (QED) is 0.717. The third-order valence-electron chi connectivity index (χ3n) is 5.63. The molecule has 3 heteroatoms. The Morgan fingerprint density at radius 2 is 2.00 bits per heavy atom. The predicted molar refractivity (Wildman–Crippen MR) is 79.9 cm³/mol. The zero-order valence-corrected chi connectivity index (χ0v) is 12.7. The lowest BCUT2D eigenvalue weighted by molar-refractivity contribution is 0.0808. The molecule has 2 rings (SSSR count). The second-order valence-corrected chi connectivity index (χ2v) is 7.08. The summed E-state index contributed by atoms with van der Waals surface area (Å²) in [4.78, 5) is 0. The molecule has 2 aliphatic carbocycles. The maximum Gasteiger partial charge on any atom is 0.0474 e. The van der Waals surface area contributed by atoms with Gasteiger partial charge in [-0.15, -0.1) is 0 Å². The highest BCUT2D eigenvalue weighted by molar-refractivity contribution is 5.02. The van der Waals surface area contributed by atoms with Gasteiger partial charge in [0.25, 0.3) is 0 Å². The SMILES string of the molecule is CC(C)C1CCCCC1(CN)NC1CCCC1CO. The van der Waals surface area contributed by atoms with Gasteiger partial charge in [0.05, 0.1) is 0 Å². The Labute approximate surface area is 118 Å². The lowest BCUT2D eigenvalue weighted by atomic mass is 9.67. The molecule has 0 saturated heterocycles. The highest BCUT2D eigenvalue weighted by Gasteiger charge is 2.43. The number of aliphatic hydroxyl groups excluding tert-OH is 1. The fourth-order valence-electron chi connectivity index (χ4n) is 4.54. The van der Waals surface area contributed by atoms with Gasteiger partial charge >= 0.3 is 0 Å². The third-order valence-corrected chi connectivity index (χ3v) is 5.63. The Morgan fingerprint density at radius 3 is 2.63 bits per heavy atom. The van der Waals surface area contributed by atoms with Gasteiger partial charge in [-0.2, -0.15) is 0 Å². The van der Waals surface area contributed by atoms with Crippen molar-refractivity contribution in [2.75, 3.05) is 13.2 Å². The summed E-state index contributed by atoms with van der Waals surface area (Å²) in [6.45, 7) is 5.73. The molecular formula is C16H32N2O. The second-order valence-electron chi connectivity index (χ2n) is 7.08. The smallest absolute Gasteiger partial charge is 0.0474 e. The van der Waals surface area contributed by atoms with E-state index in [1.165, 1.54) is 44.9 Å². The third kappa shape index (κ3) is 3.14. The van der Waals surface area contributed by atoms with Crippen LogP contribution in [0.1, 0.15) is 58.8 Å². The summed E-state index contributed by atoms with van der Waals surface area (Å²) >= 11 is 0. The van der Waals surface area contributed by atoms with Gasteiger partial charge in [-0.3, -0.25) is 0 Å². The van der Waals surface area contributed by atoms with E-state index in [0.717, 1.165) is 6.54 Å². The molecule has 0 amide bonds. The first-order chi connectivity index (χ1) is 9.13. The largest absolute Gasteiger partial charge is 0.396 e. The number of hydrogen-bond acceptors (Lipinski definition) is 3. The summed E-state index contributed by atoms with van der Waals surface area (Å²) in [7, 11) is 0. The van der Waals surface area contributed by atoms with Crippen LogP contribution < -0.4 is 11.1 Å². The van der Waals surface area contributed by atoms with Crippen molar-refractivity contribution in [1.82, 2.24) is 5.32 Å². The molecule has 112 valence electrons. The van der Waals surface area contributed by atoms with Gasteiger partial charge in [-0.05, 0) is 43.4 Å². The maximum atomic E-state index is 9.53. The lowest BCUT2D eigenvalue weighted by Crippen LogP contribution is -2.62. The Bertz CT molecular complexity index is 282. The minimum absolute atomic E-state index is 0.120. The Morgan fingerprint density at radius 1 is 1.21 bits per heavy atom. The van der Waals surface area contributed by atoms with Crippen LogP contribution in [0, 0.1) is 17.8 Å². The minimum atomic E-state index is 0.120. The maximum absolute atomic E-state index is 9.53. The highest BCUT2D eigenvalue weighted by atomic mass is 16.3. The van der Waals surface area contributed by atoms with Crippen molar-refractivity contribution in [3.63, 3.8) is 0 Å². The highest BCUT2D eigenvalue weighted by Crippen LogP contribution is 2.40. The van der Waals surface area contributed by atoms with Crippen LogP contribution in [0.15, 0.2) is 0 Å². The summed E-state index contributed by atoms with van der Waals surface area (Å²) < 4.78 is 0. The van der Waals surface area contributed by atoms with E-state index < -0.39 is 0 Å². The summed E-state index contributed by atoms with van der Waals surface area (Å²) in [5.74, 6) is 1.81. The standard InChI is InChI=1S/C16H32N2O/c1-12(2)14-7-3-4-9-16(14,11-17)18-15-8-5-6-13(15)10-19/h12-15,18-19H,3-11,17H2,1-2H3. The van der Waals surface area contributed by atoms with Gasteiger partial charge in [0.1, 0.15) is 0 Å². The second kappa shape index (κ2) is 6.55. The minimum Gasteiger partial charge on any atom is -0.396 e. The molecule has 0 spiro atoms. The van der Waals surface area contributed by atoms with Crippen LogP contribution in [0.3, 0.4) is 0 Å². The van der Waals surface area contributed by atoms with Gasteiger partial charge in [-0.1, -0.05) is 33.1 Å². The van der Waals surface area contributed by atoms with Crippen molar-refractivity contribution in [3.05, 3.63) is 0 Å². The summed E-state index contributed by atoms with van der Waals surface area (Å²) in [5.41, 5.74) is 6.33. The van der Waals surface area contributed by atoms with Gasteiger partial charge in [0.2, 0.25) is 0 Å².